The van der Waals surface area contributed by atoms with Crippen LogP contribution in [0.15, 0.2) is 94.8 Å². The van der Waals surface area contributed by atoms with Crippen molar-refractivity contribution in [3.8, 4) is 11.5 Å². The van der Waals surface area contributed by atoms with Crippen molar-refractivity contribution in [3.63, 3.8) is 0 Å². The molecular formula is C45H56O6. The van der Waals surface area contributed by atoms with Crippen molar-refractivity contribution in [2.45, 2.75) is 114 Å². The molecular weight excluding hydrogens is 636 g/mol. The molecule has 2 fully saturated rings. The van der Waals surface area contributed by atoms with Crippen LogP contribution in [0.25, 0.3) is 0 Å². The van der Waals surface area contributed by atoms with Crippen LogP contribution in [0.5, 0.6) is 11.5 Å². The molecule has 272 valence electrons. The SMILES string of the molecule is CC(C)=CC[C@H]1C[C@@]23C[C@@H](CC=C(C)C)C(C)(C)[C@@](CC=C(C)C)(C(=O)C(C(=O)c4ccc(OCc5ccccc5)c(O)c4)=C2OC1(C)C)C3=O. The quantitative estimate of drug-likeness (QED) is 0.109. The van der Waals surface area contributed by atoms with Crippen molar-refractivity contribution in [2.75, 3.05) is 0 Å². The monoisotopic (exact) mass is 692 g/mol. The normalized spacial score (nSPS) is 26.0. The third-order valence-electron chi connectivity index (χ3n) is 11.9. The number of allylic oxidation sites excluding steroid dienone is 8. The minimum absolute atomic E-state index is 0.0229. The Bertz CT molecular complexity index is 1820. The van der Waals surface area contributed by atoms with Crippen LogP contribution in [0.1, 0.15) is 117 Å². The fourth-order valence-corrected chi connectivity index (χ4v) is 8.57. The van der Waals surface area contributed by atoms with Gasteiger partial charge in [0.15, 0.2) is 28.8 Å². The van der Waals surface area contributed by atoms with Gasteiger partial charge in [-0.05, 0) is 123 Å². The lowest BCUT2D eigenvalue weighted by molar-refractivity contribution is -0.188. The van der Waals surface area contributed by atoms with Gasteiger partial charge in [-0.25, -0.2) is 0 Å². The van der Waals surface area contributed by atoms with Gasteiger partial charge in [0.2, 0.25) is 0 Å². The summed E-state index contributed by atoms with van der Waals surface area (Å²) in [7, 11) is 0. The van der Waals surface area contributed by atoms with Crippen LogP contribution in [0.3, 0.4) is 0 Å². The highest BCUT2D eigenvalue weighted by Gasteiger charge is 2.74. The molecule has 4 atom stereocenters. The van der Waals surface area contributed by atoms with Crippen LogP contribution >= 0.6 is 0 Å². The van der Waals surface area contributed by atoms with Gasteiger partial charge >= 0.3 is 0 Å². The molecule has 51 heavy (non-hydrogen) atoms. The molecule has 1 N–H and O–H groups in total. The zero-order valence-corrected chi connectivity index (χ0v) is 32.2. The van der Waals surface area contributed by atoms with E-state index in [1.807, 2.05) is 78.0 Å². The Balaban J connectivity index is 1.71. The summed E-state index contributed by atoms with van der Waals surface area (Å²) >= 11 is 0. The molecule has 0 unspecified atom stereocenters. The molecule has 2 aromatic rings. The van der Waals surface area contributed by atoms with E-state index in [0.717, 1.165) is 17.6 Å². The molecule has 1 saturated carbocycles. The number of ether oxygens (including phenoxy) is 2. The van der Waals surface area contributed by atoms with Gasteiger partial charge in [0, 0.05) is 11.5 Å². The highest BCUT2D eigenvalue weighted by Crippen LogP contribution is 2.69. The number of aromatic hydroxyl groups is 1. The summed E-state index contributed by atoms with van der Waals surface area (Å²) in [5.41, 5.74) is 0.224. The molecule has 1 saturated heterocycles. The number of Topliss-reactive ketones (excluding diaryl/α,β-unsaturated/α-hetero) is 3. The summed E-state index contributed by atoms with van der Waals surface area (Å²) in [4.78, 5) is 45.9. The van der Waals surface area contributed by atoms with E-state index in [1.54, 1.807) is 12.1 Å². The lowest BCUT2D eigenvalue weighted by atomic mass is 9.39. The Morgan fingerprint density at radius 1 is 0.843 bits per heavy atom. The zero-order valence-electron chi connectivity index (χ0n) is 32.2. The van der Waals surface area contributed by atoms with E-state index >= 15 is 9.59 Å². The highest BCUT2D eigenvalue weighted by atomic mass is 16.5. The smallest absolute Gasteiger partial charge is 0.200 e. The molecule has 2 aliphatic carbocycles. The van der Waals surface area contributed by atoms with Crippen LogP contribution in [0.4, 0.5) is 0 Å². The molecule has 5 rings (SSSR count). The Morgan fingerprint density at radius 3 is 2.02 bits per heavy atom. The van der Waals surface area contributed by atoms with Crippen LogP contribution in [-0.4, -0.2) is 28.1 Å². The first-order chi connectivity index (χ1) is 23.9. The number of ketones is 3. The minimum Gasteiger partial charge on any atom is -0.504 e. The zero-order chi connectivity index (χ0) is 37.5. The molecule has 1 aliphatic heterocycles. The van der Waals surface area contributed by atoms with Gasteiger partial charge in [0.05, 0.1) is 5.41 Å². The van der Waals surface area contributed by atoms with Crippen molar-refractivity contribution < 1.29 is 29.0 Å². The number of carbonyl (C=O) groups excluding carboxylic acids is 3. The maximum absolute atomic E-state index is 15.5. The number of fused-ring (bicyclic) bond motifs is 1. The average molecular weight is 693 g/mol. The first-order valence-electron chi connectivity index (χ1n) is 18.4. The van der Waals surface area contributed by atoms with Gasteiger partial charge in [-0.1, -0.05) is 79.1 Å². The molecule has 1 spiro atoms. The summed E-state index contributed by atoms with van der Waals surface area (Å²) < 4.78 is 12.8. The molecule has 1 heterocycles. The van der Waals surface area contributed by atoms with E-state index < -0.39 is 33.4 Å². The number of hydrogen-bond acceptors (Lipinski definition) is 6. The second-order valence-corrected chi connectivity index (χ2v) is 16.9. The molecule has 6 nitrogen and oxygen atoms in total. The summed E-state index contributed by atoms with van der Waals surface area (Å²) in [5, 5.41) is 11.1. The van der Waals surface area contributed by atoms with Crippen LogP contribution in [0.2, 0.25) is 0 Å². The summed E-state index contributed by atoms with van der Waals surface area (Å²) in [6.45, 7) is 20.5. The van der Waals surface area contributed by atoms with Crippen molar-refractivity contribution in [2.24, 2.45) is 28.1 Å². The van der Waals surface area contributed by atoms with Crippen LogP contribution < -0.4 is 4.74 Å². The lowest BCUT2D eigenvalue weighted by Gasteiger charge is -2.64. The number of hydrogen-bond donors (Lipinski definition) is 1. The van der Waals surface area contributed by atoms with E-state index in [4.69, 9.17) is 9.47 Å². The number of carbonyl (C=O) groups is 3. The van der Waals surface area contributed by atoms with E-state index in [-0.39, 0.29) is 59.0 Å². The van der Waals surface area contributed by atoms with Crippen molar-refractivity contribution in [1.82, 2.24) is 0 Å². The second-order valence-electron chi connectivity index (χ2n) is 16.9. The van der Waals surface area contributed by atoms with Gasteiger partial charge in [0.1, 0.15) is 29.0 Å². The van der Waals surface area contributed by atoms with Gasteiger partial charge < -0.3 is 14.6 Å². The first kappa shape index (κ1) is 38.1. The van der Waals surface area contributed by atoms with E-state index in [0.29, 0.717) is 19.3 Å². The van der Waals surface area contributed by atoms with Crippen LogP contribution in [0, 0.1) is 28.1 Å². The third-order valence-corrected chi connectivity index (χ3v) is 11.9. The Kier molecular flexibility index (Phi) is 10.5. The van der Waals surface area contributed by atoms with E-state index in [1.165, 1.54) is 17.2 Å². The van der Waals surface area contributed by atoms with Crippen LogP contribution in [-0.2, 0) is 20.9 Å². The Morgan fingerprint density at radius 2 is 1.43 bits per heavy atom. The van der Waals surface area contributed by atoms with E-state index in [9.17, 15) is 9.90 Å². The highest BCUT2D eigenvalue weighted by molar-refractivity contribution is 6.35. The van der Waals surface area contributed by atoms with Crippen molar-refractivity contribution in [3.05, 3.63) is 106 Å². The van der Waals surface area contributed by atoms with Crippen molar-refractivity contribution >= 4 is 17.3 Å². The number of benzene rings is 2. The number of phenolic OH excluding ortho intramolecular Hbond substituents is 1. The largest absolute Gasteiger partial charge is 0.504 e. The molecule has 6 heteroatoms. The summed E-state index contributed by atoms with van der Waals surface area (Å²) in [5.74, 6) is -0.948. The standard InChI is InChI=1S/C45H56O6/c1-28(2)16-19-33-25-44-26-34(20-17-29(3)4)43(9,10)51-40(44)37(39(48)45(41(44)49,42(33,7)8)23-22-30(5)6)38(47)32-18-21-36(35(46)24-32)50-27-31-14-12-11-13-15-31/h11-18,21-22,24,33-34,46H,19-20,23,25-27H2,1-10H3/t33-,34+,44+,45+/m1/s1. The molecule has 2 bridgehead atoms. The molecule has 0 aromatic heterocycles. The van der Waals surface area contributed by atoms with Gasteiger partial charge in [-0.15, -0.1) is 0 Å². The van der Waals surface area contributed by atoms with Gasteiger partial charge in [0.25, 0.3) is 0 Å². The minimum atomic E-state index is -1.48. The Hall–Kier alpha value is -4.19. The number of phenols is 1. The second kappa shape index (κ2) is 14.1. The lowest BCUT2D eigenvalue weighted by Crippen LogP contribution is -2.69. The maximum atomic E-state index is 15.5. The predicted molar refractivity (Wildman–Crippen MR) is 202 cm³/mol. The predicted octanol–water partition coefficient (Wildman–Crippen LogP) is 10.5. The van der Waals surface area contributed by atoms with Gasteiger partial charge in [-0.3, -0.25) is 14.4 Å². The summed E-state index contributed by atoms with van der Waals surface area (Å²) in [6.07, 6.45) is 8.99. The summed E-state index contributed by atoms with van der Waals surface area (Å²) in [6, 6.07) is 14.1. The molecule has 2 aromatic carbocycles. The topological polar surface area (TPSA) is 89.9 Å². The first-order valence-corrected chi connectivity index (χ1v) is 18.4. The Labute approximate surface area is 304 Å². The van der Waals surface area contributed by atoms with Gasteiger partial charge in [-0.2, -0.15) is 0 Å². The maximum Gasteiger partial charge on any atom is 0.200 e. The molecule has 3 aliphatic rings. The molecule has 0 radical (unpaired) electrons. The number of rotatable bonds is 11. The average Bonchev–Trinajstić information content (AvgIpc) is 3.05. The fraction of sp³-hybridized carbons (Fsp3) is 0.489. The molecule has 0 amide bonds. The van der Waals surface area contributed by atoms with Crippen molar-refractivity contribution in [1.29, 1.82) is 0 Å². The third kappa shape index (κ3) is 6.79. The fourth-order valence-electron chi connectivity index (χ4n) is 8.57. The van der Waals surface area contributed by atoms with E-state index in [2.05, 4.69) is 39.8 Å².